The van der Waals surface area contributed by atoms with Crippen molar-refractivity contribution >= 4 is 45.9 Å². The van der Waals surface area contributed by atoms with E-state index in [1.807, 2.05) is 4.90 Å². The zero-order valence-electron chi connectivity index (χ0n) is 24.8. The highest BCUT2D eigenvalue weighted by Crippen LogP contribution is 2.37. The van der Waals surface area contributed by atoms with Crippen LogP contribution in [0.25, 0.3) is 0 Å². The summed E-state index contributed by atoms with van der Waals surface area (Å²) < 4.78 is 46.1. The number of hydrogen-bond acceptors (Lipinski definition) is 5. The van der Waals surface area contributed by atoms with Crippen LogP contribution in [-0.4, -0.2) is 44.7 Å². The fourth-order valence-corrected chi connectivity index (χ4v) is 5.37. The van der Waals surface area contributed by atoms with Gasteiger partial charge in [-0.05, 0) is 103 Å². The van der Waals surface area contributed by atoms with Gasteiger partial charge in [0, 0.05) is 26.2 Å². The summed E-state index contributed by atoms with van der Waals surface area (Å²) in [6, 6.07) is 14.2. The van der Waals surface area contributed by atoms with Crippen LogP contribution in [-0.2, 0) is 24.2 Å². The van der Waals surface area contributed by atoms with Crippen LogP contribution in [0.5, 0.6) is 0 Å². The second kappa shape index (κ2) is 16.9. The van der Waals surface area contributed by atoms with Crippen molar-refractivity contribution in [3.8, 4) is 0 Å². The molecule has 42 heavy (non-hydrogen) atoms. The molecule has 5 nitrogen and oxygen atoms in total. The first kappa shape index (κ1) is 36.5. The third kappa shape index (κ3) is 11.4. The summed E-state index contributed by atoms with van der Waals surface area (Å²) >= 11 is 6.19. The van der Waals surface area contributed by atoms with Gasteiger partial charge in [0.15, 0.2) is 8.32 Å². The van der Waals surface area contributed by atoms with E-state index in [9.17, 15) is 13.2 Å². The molecule has 3 N–H and O–H groups in total. The first-order valence-electron chi connectivity index (χ1n) is 13.7. The maximum Gasteiger partial charge on any atom is 0.192 e. The highest BCUT2D eigenvalue weighted by molar-refractivity contribution is 9.10. The predicted molar refractivity (Wildman–Crippen MR) is 174 cm³/mol. The fourth-order valence-electron chi connectivity index (χ4n) is 3.55. The zero-order chi connectivity index (χ0) is 31.5. The number of aliphatic hydroxyl groups excluding tert-OH is 2. The summed E-state index contributed by atoms with van der Waals surface area (Å²) in [6.45, 7) is 14.9. The van der Waals surface area contributed by atoms with Crippen LogP contribution in [0, 0.1) is 17.5 Å². The standard InChI is InChI=1S/C13H20BrFOSi.C11H15FN2O.C7H6BrFO/c1-13(2,3)17(4,5)16-9-10-6-7-12(15)11(14)8-10;12-10-2-1-9(8-15)7-11(10)14-5-3-13-4-6-14;8-6-3-5(4-10)1-2-7(6)9/h6-8H,9H2,1-5H3;1-2,7,13,15H,3-6,8H2;1-3,10H,4H2. The number of benzene rings is 3. The Hall–Kier alpha value is -1.73. The molecule has 0 spiro atoms. The number of rotatable bonds is 6. The van der Waals surface area contributed by atoms with E-state index in [2.05, 4.69) is 71.0 Å². The van der Waals surface area contributed by atoms with Gasteiger partial charge in [-0.3, -0.25) is 0 Å². The number of anilines is 1. The van der Waals surface area contributed by atoms with Gasteiger partial charge in [-0.15, -0.1) is 0 Å². The monoisotopic (exact) mass is 732 g/mol. The molecule has 0 unspecified atom stereocenters. The van der Waals surface area contributed by atoms with E-state index in [1.165, 1.54) is 18.2 Å². The minimum Gasteiger partial charge on any atom is -0.413 e. The fraction of sp³-hybridized carbons (Fsp3) is 0.419. The lowest BCUT2D eigenvalue weighted by Crippen LogP contribution is -2.43. The Morgan fingerprint density at radius 3 is 1.71 bits per heavy atom. The summed E-state index contributed by atoms with van der Waals surface area (Å²) in [6.07, 6.45) is 0. The third-order valence-corrected chi connectivity index (χ3v) is 12.9. The van der Waals surface area contributed by atoms with Gasteiger partial charge in [0.25, 0.3) is 0 Å². The van der Waals surface area contributed by atoms with Gasteiger partial charge in [-0.2, -0.15) is 0 Å². The second-order valence-corrected chi connectivity index (χ2v) is 17.9. The minimum absolute atomic E-state index is 0.0423. The lowest BCUT2D eigenvalue weighted by Gasteiger charge is -2.36. The maximum atomic E-state index is 13.5. The predicted octanol–water partition coefficient (Wildman–Crippen LogP) is 7.92. The Morgan fingerprint density at radius 1 is 0.786 bits per heavy atom. The molecule has 0 amide bonds. The van der Waals surface area contributed by atoms with E-state index < -0.39 is 8.32 Å². The van der Waals surface area contributed by atoms with Gasteiger partial charge in [0.05, 0.1) is 34.5 Å². The number of halogens is 5. The average Bonchev–Trinajstić information content (AvgIpc) is 2.96. The zero-order valence-corrected chi connectivity index (χ0v) is 29.0. The summed E-state index contributed by atoms with van der Waals surface area (Å²) in [7, 11) is -1.73. The van der Waals surface area contributed by atoms with Crippen molar-refractivity contribution in [2.45, 2.75) is 58.7 Å². The number of nitrogens with one attached hydrogen (secondary N) is 1. The van der Waals surface area contributed by atoms with Crippen molar-refractivity contribution in [2.24, 2.45) is 0 Å². The van der Waals surface area contributed by atoms with Crippen LogP contribution in [0.2, 0.25) is 18.1 Å². The summed E-state index contributed by atoms with van der Waals surface area (Å²) in [5.74, 6) is -0.757. The molecule has 3 aromatic rings. The van der Waals surface area contributed by atoms with Gasteiger partial charge in [0.2, 0.25) is 0 Å². The van der Waals surface area contributed by atoms with Gasteiger partial charge in [-0.1, -0.05) is 39.0 Å². The van der Waals surface area contributed by atoms with Crippen LogP contribution in [0.4, 0.5) is 18.9 Å². The Morgan fingerprint density at radius 2 is 1.24 bits per heavy atom. The molecule has 0 saturated carbocycles. The van der Waals surface area contributed by atoms with E-state index in [1.54, 1.807) is 36.4 Å². The van der Waals surface area contributed by atoms with Crippen molar-refractivity contribution in [3.05, 3.63) is 97.7 Å². The van der Waals surface area contributed by atoms with Crippen molar-refractivity contribution in [1.82, 2.24) is 5.32 Å². The van der Waals surface area contributed by atoms with E-state index >= 15 is 0 Å². The lowest BCUT2D eigenvalue weighted by molar-refractivity contribution is 0.276. The van der Waals surface area contributed by atoms with E-state index in [4.69, 9.17) is 14.6 Å². The van der Waals surface area contributed by atoms with E-state index in [0.717, 1.165) is 37.3 Å². The molecule has 1 saturated heterocycles. The highest BCUT2D eigenvalue weighted by Gasteiger charge is 2.37. The minimum atomic E-state index is -1.73. The summed E-state index contributed by atoms with van der Waals surface area (Å²) in [5.41, 5.74) is 3.06. The van der Waals surface area contributed by atoms with Gasteiger partial charge < -0.3 is 24.9 Å². The Balaban J connectivity index is 0.000000227. The summed E-state index contributed by atoms with van der Waals surface area (Å²) in [4.78, 5) is 2.00. The Bertz CT molecular complexity index is 1290. The molecule has 0 aliphatic carbocycles. The van der Waals surface area contributed by atoms with E-state index in [0.29, 0.717) is 26.8 Å². The second-order valence-electron chi connectivity index (χ2n) is 11.4. The Kier molecular flexibility index (Phi) is 14.7. The van der Waals surface area contributed by atoms with Gasteiger partial charge in [-0.25, -0.2) is 13.2 Å². The first-order chi connectivity index (χ1) is 19.7. The lowest BCUT2D eigenvalue weighted by atomic mass is 10.1. The Labute approximate surface area is 265 Å². The number of nitrogens with zero attached hydrogens (tertiary/aromatic N) is 1. The molecule has 0 bridgehead atoms. The van der Waals surface area contributed by atoms with Crippen LogP contribution >= 0.6 is 31.9 Å². The van der Waals surface area contributed by atoms with Crippen LogP contribution in [0.1, 0.15) is 37.5 Å². The quantitative estimate of drug-likeness (QED) is 0.225. The SMILES string of the molecule is CC(C)(C)[Si](C)(C)OCc1ccc(F)c(Br)c1.OCc1ccc(F)c(Br)c1.OCc1ccc(F)c(N2CCNCC2)c1. The molecule has 3 aromatic carbocycles. The molecule has 1 heterocycles. The summed E-state index contributed by atoms with van der Waals surface area (Å²) in [5, 5.41) is 21.0. The molecule has 11 heteroatoms. The number of aliphatic hydroxyl groups is 2. The molecule has 0 radical (unpaired) electrons. The van der Waals surface area contributed by atoms with Crippen LogP contribution < -0.4 is 10.2 Å². The normalized spacial score (nSPS) is 13.6. The van der Waals surface area contributed by atoms with Gasteiger partial charge >= 0.3 is 0 Å². The maximum absolute atomic E-state index is 13.5. The molecule has 1 aliphatic heterocycles. The molecule has 0 atom stereocenters. The van der Waals surface area contributed by atoms with Crippen LogP contribution in [0.3, 0.4) is 0 Å². The molecule has 232 valence electrons. The van der Waals surface area contributed by atoms with Crippen molar-refractivity contribution < 1.29 is 27.8 Å². The molecular weight excluding hydrogens is 693 g/mol. The smallest absolute Gasteiger partial charge is 0.192 e. The van der Waals surface area contributed by atoms with Gasteiger partial charge in [0.1, 0.15) is 17.5 Å². The first-order valence-corrected chi connectivity index (χ1v) is 18.2. The van der Waals surface area contributed by atoms with E-state index in [-0.39, 0.29) is 35.7 Å². The topological polar surface area (TPSA) is 65.0 Å². The number of piperazine rings is 1. The van der Waals surface area contributed by atoms with Crippen LogP contribution in [0.15, 0.2) is 63.5 Å². The van der Waals surface area contributed by atoms with Crippen molar-refractivity contribution in [1.29, 1.82) is 0 Å². The molecule has 0 aromatic heterocycles. The third-order valence-electron chi connectivity index (χ3n) is 7.21. The molecule has 1 fully saturated rings. The largest absolute Gasteiger partial charge is 0.413 e. The van der Waals surface area contributed by atoms with Crippen molar-refractivity contribution in [3.63, 3.8) is 0 Å². The average molecular weight is 735 g/mol. The molecular formula is C31H41Br2F3N2O3Si. The molecule has 1 aliphatic rings. The molecule has 4 rings (SSSR count). The number of hydrogen-bond donors (Lipinski definition) is 3. The highest BCUT2D eigenvalue weighted by atomic mass is 79.9. The van der Waals surface area contributed by atoms with Crippen molar-refractivity contribution in [2.75, 3.05) is 31.1 Å².